The van der Waals surface area contributed by atoms with Gasteiger partial charge in [0.25, 0.3) is 0 Å². The Morgan fingerprint density at radius 2 is 2.00 bits per heavy atom. The van der Waals surface area contributed by atoms with Gasteiger partial charge in [0.05, 0.1) is 5.02 Å². The van der Waals surface area contributed by atoms with Gasteiger partial charge in [0.15, 0.2) is 15.5 Å². The molecule has 0 amide bonds. The van der Waals surface area contributed by atoms with E-state index in [0.717, 1.165) is 12.1 Å². The molecule has 0 aliphatic carbocycles. The minimum absolute atomic E-state index is 0.422. The average molecular weight is 371 g/mol. The third-order valence-electron chi connectivity index (χ3n) is 1.75. The van der Waals surface area contributed by atoms with Crippen LogP contribution in [0, 0.1) is 0 Å². The molecule has 0 aliphatic rings. The van der Waals surface area contributed by atoms with Crippen LogP contribution in [0.4, 0.5) is 13.2 Å². The summed E-state index contributed by atoms with van der Waals surface area (Å²) < 4.78 is 79.3. The first-order chi connectivity index (χ1) is 9.17. The summed E-state index contributed by atoms with van der Waals surface area (Å²) in [7, 11) is -6.27. The highest BCUT2D eigenvalue weighted by molar-refractivity contribution is 8.00. The van der Waals surface area contributed by atoms with Crippen LogP contribution in [0.25, 0.3) is 0 Å². The summed E-state index contributed by atoms with van der Waals surface area (Å²) in [5.74, 6) is 0. The Kier molecular flexibility index (Phi) is 6.36. The zero-order chi connectivity index (χ0) is 15.4. The van der Waals surface area contributed by atoms with Gasteiger partial charge in [0.1, 0.15) is 4.90 Å². The number of hydrogen-bond acceptors (Lipinski definition) is 6. The van der Waals surface area contributed by atoms with Crippen LogP contribution in [0.2, 0.25) is 5.02 Å². The largest absolute Gasteiger partial charge is 0.446 e. The van der Waals surface area contributed by atoms with E-state index in [4.69, 9.17) is 11.6 Å². The molecule has 0 saturated carbocycles. The maximum atomic E-state index is 12.4. The summed E-state index contributed by atoms with van der Waals surface area (Å²) in [6.45, 7) is -0.873. The first kappa shape index (κ1) is 17.8. The average Bonchev–Trinajstić information content (AvgIpc) is 2.26. The van der Waals surface area contributed by atoms with Crippen LogP contribution in [-0.4, -0.2) is 20.7 Å². The highest BCUT2D eigenvalue weighted by Crippen LogP contribution is 2.42. The predicted octanol–water partition coefficient (Wildman–Crippen LogP) is 3.30. The van der Waals surface area contributed by atoms with E-state index in [1.807, 2.05) is 0 Å². The van der Waals surface area contributed by atoms with Gasteiger partial charge in [-0.2, -0.15) is 21.6 Å². The summed E-state index contributed by atoms with van der Waals surface area (Å²) in [4.78, 5) is -1.44. The molecular formula is C8H7ClF3O5PS2. The molecule has 0 spiro atoms. The second-order valence-corrected chi connectivity index (χ2v) is 6.66. The summed E-state index contributed by atoms with van der Waals surface area (Å²) in [6.07, 6.45) is 0. The Morgan fingerprint density at radius 1 is 1.35 bits per heavy atom. The smallest absolute Gasteiger partial charge is 0.304 e. The summed E-state index contributed by atoms with van der Waals surface area (Å²) in [5, 5.41) is -0.422. The first-order valence-corrected chi connectivity index (χ1v) is 8.21. The lowest BCUT2D eigenvalue weighted by atomic mass is 10.4. The van der Waals surface area contributed by atoms with Crippen LogP contribution in [0.15, 0.2) is 28.0 Å². The number of halogens is 4. The normalized spacial score (nSPS) is 13.2. The third kappa shape index (κ3) is 5.27. The molecule has 1 aromatic rings. The topological polar surface area (TPSA) is 69.7 Å². The van der Waals surface area contributed by atoms with E-state index in [1.165, 1.54) is 6.07 Å². The lowest BCUT2D eigenvalue weighted by Gasteiger charge is -2.12. The molecule has 1 aromatic carbocycles. The van der Waals surface area contributed by atoms with E-state index >= 15 is 0 Å². The standard InChI is InChI=1S/C8H7ClF3O5PS2/c9-5-2-1-3-6(19-8(10,11)12)7(5)20(14,15)17-4-16-18-13/h1-3H,4,18H2. The first-order valence-electron chi connectivity index (χ1n) is 4.66. The number of alkyl halides is 3. The Balaban J connectivity index is 3.18. The van der Waals surface area contributed by atoms with Gasteiger partial charge in [0, 0.05) is 4.90 Å². The predicted molar refractivity (Wildman–Crippen MR) is 68.0 cm³/mol. The van der Waals surface area contributed by atoms with Crippen LogP contribution >= 0.6 is 32.0 Å². The molecule has 12 heteroatoms. The molecule has 20 heavy (non-hydrogen) atoms. The zero-order valence-electron chi connectivity index (χ0n) is 9.39. The SMILES string of the molecule is O=[PH2]OCOS(=O)(=O)c1c(Cl)cccc1SC(F)(F)F. The van der Waals surface area contributed by atoms with Crippen LogP contribution in [0.3, 0.4) is 0 Å². The molecule has 1 rings (SSSR count). The summed E-state index contributed by atoms with van der Waals surface area (Å²) in [6, 6.07) is 3.23. The van der Waals surface area contributed by atoms with Gasteiger partial charge in [-0.25, -0.2) is 4.18 Å². The van der Waals surface area contributed by atoms with Crippen LogP contribution in [0.1, 0.15) is 0 Å². The fourth-order valence-electron chi connectivity index (χ4n) is 1.11. The van der Waals surface area contributed by atoms with Crippen molar-refractivity contribution in [3.63, 3.8) is 0 Å². The van der Waals surface area contributed by atoms with E-state index in [0.29, 0.717) is 0 Å². The molecule has 0 aliphatic heterocycles. The number of rotatable bonds is 6. The van der Waals surface area contributed by atoms with Gasteiger partial charge in [-0.3, -0.25) is 4.57 Å². The van der Waals surface area contributed by atoms with Gasteiger partial charge in [-0.1, -0.05) is 17.7 Å². The maximum absolute atomic E-state index is 12.4. The van der Waals surface area contributed by atoms with E-state index in [-0.39, 0.29) is 0 Å². The number of benzene rings is 1. The Hall–Kier alpha value is -0.250. The van der Waals surface area contributed by atoms with E-state index in [9.17, 15) is 26.2 Å². The molecule has 0 radical (unpaired) electrons. The van der Waals surface area contributed by atoms with Gasteiger partial charge < -0.3 is 4.52 Å². The number of thioether (sulfide) groups is 1. The number of hydrogen-bond donors (Lipinski definition) is 0. The second kappa shape index (κ2) is 7.15. The van der Waals surface area contributed by atoms with Gasteiger partial charge in [0.2, 0.25) is 0 Å². The van der Waals surface area contributed by atoms with Crippen molar-refractivity contribution in [1.82, 2.24) is 0 Å². The van der Waals surface area contributed by atoms with E-state index in [2.05, 4.69) is 8.71 Å². The van der Waals surface area contributed by atoms with E-state index < -0.39 is 57.7 Å². The van der Waals surface area contributed by atoms with Crippen LogP contribution in [0.5, 0.6) is 0 Å². The molecule has 0 saturated heterocycles. The molecule has 5 nitrogen and oxygen atoms in total. The highest BCUT2D eigenvalue weighted by Gasteiger charge is 2.34. The fraction of sp³-hybridized carbons (Fsp3) is 0.250. The Labute approximate surface area is 122 Å². The molecule has 0 heterocycles. The van der Waals surface area contributed by atoms with Crippen molar-refractivity contribution >= 4 is 42.2 Å². The monoisotopic (exact) mass is 370 g/mol. The second-order valence-electron chi connectivity index (χ2n) is 3.07. The minimum atomic E-state index is -4.69. The molecule has 114 valence electrons. The van der Waals surface area contributed by atoms with Crippen molar-refractivity contribution in [2.45, 2.75) is 15.3 Å². The third-order valence-corrected chi connectivity index (χ3v) is 4.71. The lowest BCUT2D eigenvalue weighted by molar-refractivity contribution is -0.0328. The van der Waals surface area contributed by atoms with Gasteiger partial charge in [-0.05, 0) is 23.9 Å². The minimum Gasteiger partial charge on any atom is -0.304 e. The maximum Gasteiger partial charge on any atom is 0.446 e. The molecule has 0 fully saturated rings. The molecule has 0 bridgehead atoms. The van der Waals surface area contributed by atoms with Crippen molar-refractivity contribution in [3.05, 3.63) is 23.2 Å². The van der Waals surface area contributed by atoms with Gasteiger partial charge in [-0.15, -0.1) is 0 Å². The highest BCUT2D eigenvalue weighted by atomic mass is 35.5. The van der Waals surface area contributed by atoms with Crippen molar-refractivity contribution in [2.75, 3.05) is 6.79 Å². The van der Waals surface area contributed by atoms with Crippen molar-refractivity contribution in [3.8, 4) is 0 Å². The molecule has 0 N–H and O–H groups in total. The lowest BCUT2D eigenvalue weighted by Crippen LogP contribution is -2.11. The van der Waals surface area contributed by atoms with Crippen molar-refractivity contribution < 1.29 is 34.9 Å². The van der Waals surface area contributed by atoms with Crippen LogP contribution < -0.4 is 0 Å². The van der Waals surface area contributed by atoms with Crippen molar-refractivity contribution in [2.24, 2.45) is 0 Å². The Bertz CT molecular complexity index is 592. The molecular weight excluding hydrogens is 364 g/mol. The molecule has 1 atom stereocenters. The fourth-order valence-corrected chi connectivity index (χ4v) is 3.80. The molecule has 1 unspecified atom stereocenters. The van der Waals surface area contributed by atoms with Gasteiger partial charge >= 0.3 is 15.6 Å². The summed E-state index contributed by atoms with van der Waals surface area (Å²) in [5.41, 5.74) is -4.69. The van der Waals surface area contributed by atoms with Crippen molar-refractivity contribution in [1.29, 1.82) is 0 Å². The quantitative estimate of drug-likeness (QED) is 0.251. The Morgan fingerprint density at radius 3 is 2.55 bits per heavy atom. The summed E-state index contributed by atoms with van der Waals surface area (Å²) >= 11 is 4.99. The zero-order valence-corrected chi connectivity index (χ0v) is 12.9. The van der Waals surface area contributed by atoms with E-state index in [1.54, 1.807) is 0 Å². The van der Waals surface area contributed by atoms with Crippen LogP contribution in [-0.2, 0) is 23.4 Å². The molecule has 0 aromatic heterocycles.